The van der Waals surface area contributed by atoms with Gasteiger partial charge in [-0.2, -0.15) is 5.10 Å². The van der Waals surface area contributed by atoms with Crippen molar-refractivity contribution in [2.24, 2.45) is 7.05 Å². The fourth-order valence-corrected chi connectivity index (χ4v) is 1.53. The number of nitrogens with zero attached hydrogens (tertiary/aromatic N) is 2. The van der Waals surface area contributed by atoms with E-state index < -0.39 is 11.6 Å². The third-order valence-corrected chi connectivity index (χ3v) is 2.61. The number of hydrogen-bond donors (Lipinski definition) is 1. The number of hydrogen-bond acceptors (Lipinski definition) is 2. The topological polar surface area (TPSA) is 43.8 Å². The number of halogens is 2. The summed E-state index contributed by atoms with van der Waals surface area (Å²) in [6.07, 6.45) is 1.50. The van der Waals surface area contributed by atoms with Crippen LogP contribution in [0, 0.1) is 18.6 Å². The van der Waals surface area contributed by atoms with Gasteiger partial charge in [0.2, 0.25) is 0 Å². The third kappa shape index (κ3) is 1.54. The lowest BCUT2D eigenvalue weighted by molar-refractivity contribution is 0.607. The highest BCUT2D eigenvalue weighted by molar-refractivity contribution is 5.68. The number of anilines is 1. The van der Waals surface area contributed by atoms with Crippen molar-refractivity contribution in [3.8, 4) is 11.1 Å². The maximum atomic E-state index is 13.6. The normalized spacial score (nSPS) is 10.8. The highest BCUT2D eigenvalue weighted by Crippen LogP contribution is 2.28. The number of benzene rings is 1. The number of aryl methyl sites for hydroxylation is 1. The predicted molar refractivity (Wildman–Crippen MR) is 57.7 cm³/mol. The maximum absolute atomic E-state index is 13.6. The summed E-state index contributed by atoms with van der Waals surface area (Å²) in [5, 5.41) is 3.98. The standard InChI is InChI=1S/C11H11F2N3/c1-6-8(5-15-16(6)2)7-3-10(13)11(14)4-9(7)12/h3-5H,14H2,1-2H3. The summed E-state index contributed by atoms with van der Waals surface area (Å²) in [5.41, 5.74) is 6.60. The minimum atomic E-state index is -0.625. The van der Waals surface area contributed by atoms with Crippen LogP contribution < -0.4 is 5.73 Å². The van der Waals surface area contributed by atoms with Crippen molar-refractivity contribution in [2.75, 3.05) is 5.73 Å². The first-order valence-electron chi connectivity index (χ1n) is 4.74. The minimum absolute atomic E-state index is 0.178. The zero-order valence-corrected chi connectivity index (χ0v) is 8.96. The van der Waals surface area contributed by atoms with Gasteiger partial charge in [0.15, 0.2) is 0 Å². The van der Waals surface area contributed by atoms with Crippen LogP contribution in [0.2, 0.25) is 0 Å². The average molecular weight is 223 g/mol. The second kappa shape index (κ2) is 3.59. The van der Waals surface area contributed by atoms with E-state index in [9.17, 15) is 8.78 Å². The number of rotatable bonds is 1. The third-order valence-electron chi connectivity index (χ3n) is 2.61. The number of nitrogens with two attached hydrogens (primary N) is 1. The van der Waals surface area contributed by atoms with Crippen molar-refractivity contribution < 1.29 is 8.78 Å². The van der Waals surface area contributed by atoms with Gasteiger partial charge in [0.25, 0.3) is 0 Å². The molecule has 0 amide bonds. The van der Waals surface area contributed by atoms with E-state index in [4.69, 9.17) is 5.73 Å². The molecule has 84 valence electrons. The summed E-state index contributed by atoms with van der Waals surface area (Å²) in [6, 6.07) is 2.08. The van der Waals surface area contributed by atoms with Crippen molar-refractivity contribution in [1.29, 1.82) is 0 Å². The van der Waals surface area contributed by atoms with E-state index in [2.05, 4.69) is 5.10 Å². The van der Waals surface area contributed by atoms with Crippen molar-refractivity contribution in [2.45, 2.75) is 6.92 Å². The quantitative estimate of drug-likeness (QED) is 0.753. The molecule has 2 rings (SSSR count). The molecule has 0 atom stereocenters. The van der Waals surface area contributed by atoms with Gasteiger partial charge >= 0.3 is 0 Å². The molecule has 0 fully saturated rings. The molecule has 0 aliphatic rings. The van der Waals surface area contributed by atoms with Crippen molar-refractivity contribution in [3.05, 3.63) is 35.7 Å². The van der Waals surface area contributed by atoms with E-state index in [0.717, 1.165) is 17.8 Å². The summed E-state index contributed by atoms with van der Waals surface area (Å²) in [7, 11) is 1.74. The van der Waals surface area contributed by atoms with Gasteiger partial charge in [-0.05, 0) is 13.0 Å². The Morgan fingerprint density at radius 3 is 2.44 bits per heavy atom. The SMILES string of the molecule is Cc1c(-c2cc(F)c(N)cc2F)cnn1C. The fraction of sp³-hybridized carbons (Fsp3) is 0.182. The summed E-state index contributed by atoms with van der Waals surface area (Å²) < 4.78 is 28.5. The van der Waals surface area contributed by atoms with Gasteiger partial charge in [0.05, 0.1) is 11.9 Å². The van der Waals surface area contributed by atoms with E-state index in [-0.39, 0.29) is 11.3 Å². The van der Waals surface area contributed by atoms with E-state index in [1.54, 1.807) is 18.7 Å². The van der Waals surface area contributed by atoms with Crippen LogP contribution >= 0.6 is 0 Å². The van der Waals surface area contributed by atoms with Crippen LogP contribution in [0.15, 0.2) is 18.3 Å². The molecular formula is C11H11F2N3. The molecule has 0 aliphatic heterocycles. The molecule has 1 aromatic heterocycles. The van der Waals surface area contributed by atoms with Crippen molar-refractivity contribution in [3.63, 3.8) is 0 Å². The number of nitrogen functional groups attached to an aromatic ring is 1. The Balaban J connectivity index is 2.65. The van der Waals surface area contributed by atoms with Gasteiger partial charge in [0.1, 0.15) is 11.6 Å². The van der Waals surface area contributed by atoms with Crippen LogP contribution in [0.4, 0.5) is 14.5 Å². The Morgan fingerprint density at radius 1 is 1.19 bits per heavy atom. The fourth-order valence-electron chi connectivity index (χ4n) is 1.53. The van der Waals surface area contributed by atoms with Gasteiger partial charge in [-0.25, -0.2) is 8.78 Å². The average Bonchev–Trinajstić information content (AvgIpc) is 2.54. The first-order valence-corrected chi connectivity index (χ1v) is 4.74. The summed E-state index contributed by atoms with van der Waals surface area (Å²) in [6.45, 7) is 1.79. The molecule has 3 nitrogen and oxygen atoms in total. The predicted octanol–water partition coefficient (Wildman–Crippen LogP) is 2.26. The van der Waals surface area contributed by atoms with Crippen LogP contribution in [-0.2, 0) is 7.05 Å². The highest BCUT2D eigenvalue weighted by Gasteiger charge is 2.13. The molecule has 16 heavy (non-hydrogen) atoms. The summed E-state index contributed by atoms with van der Waals surface area (Å²) in [5.74, 6) is -1.17. The van der Waals surface area contributed by atoms with Gasteiger partial charge in [0, 0.05) is 29.9 Å². The molecule has 2 aromatic rings. The van der Waals surface area contributed by atoms with Gasteiger partial charge in [-0.15, -0.1) is 0 Å². The van der Waals surface area contributed by atoms with E-state index in [1.165, 1.54) is 6.20 Å². The zero-order chi connectivity index (χ0) is 11.9. The Morgan fingerprint density at radius 2 is 1.88 bits per heavy atom. The Kier molecular flexibility index (Phi) is 2.38. The molecule has 0 saturated heterocycles. The summed E-state index contributed by atoms with van der Waals surface area (Å²) in [4.78, 5) is 0. The molecular weight excluding hydrogens is 212 g/mol. The summed E-state index contributed by atoms with van der Waals surface area (Å²) >= 11 is 0. The molecule has 0 aliphatic carbocycles. The molecule has 0 spiro atoms. The molecule has 2 N–H and O–H groups in total. The lowest BCUT2D eigenvalue weighted by Crippen LogP contribution is -1.96. The van der Waals surface area contributed by atoms with Crippen LogP contribution in [-0.4, -0.2) is 9.78 Å². The van der Waals surface area contributed by atoms with Crippen molar-refractivity contribution in [1.82, 2.24) is 9.78 Å². The molecule has 1 heterocycles. The van der Waals surface area contributed by atoms with E-state index in [1.807, 2.05) is 0 Å². The zero-order valence-electron chi connectivity index (χ0n) is 8.96. The first kappa shape index (κ1) is 10.6. The molecule has 0 radical (unpaired) electrons. The second-order valence-electron chi connectivity index (χ2n) is 3.62. The van der Waals surface area contributed by atoms with Crippen molar-refractivity contribution >= 4 is 5.69 Å². The molecule has 0 saturated carbocycles. The van der Waals surface area contributed by atoms with Crippen LogP contribution in [0.25, 0.3) is 11.1 Å². The lowest BCUT2D eigenvalue weighted by atomic mass is 10.1. The van der Waals surface area contributed by atoms with Gasteiger partial charge in [-0.3, -0.25) is 4.68 Å². The highest BCUT2D eigenvalue weighted by atomic mass is 19.1. The molecule has 0 bridgehead atoms. The maximum Gasteiger partial charge on any atom is 0.146 e. The Bertz CT molecular complexity index is 546. The van der Waals surface area contributed by atoms with Crippen LogP contribution in [0.5, 0.6) is 0 Å². The molecule has 5 heteroatoms. The number of aromatic nitrogens is 2. The Hall–Kier alpha value is -1.91. The first-order chi connectivity index (χ1) is 7.50. The lowest BCUT2D eigenvalue weighted by Gasteiger charge is -2.05. The molecule has 0 unspecified atom stereocenters. The molecule has 1 aromatic carbocycles. The second-order valence-corrected chi connectivity index (χ2v) is 3.62. The van der Waals surface area contributed by atoms with Crippen LogP contribution in [0.1, 0.15) is 5.69 Å². The monoisotopic (exact) mass is 223 g/mol. The minimum Gasteiger partial charge on any atom is -0.396 e. The Labute approximate surface area is 91.5 Å². The van der Waals surface area contributed by atoms with E-state index >= 15 is 0 Å². The van der Waals surface area contributed by atoms with E-state index in [0.29, 0.717) is 5.56 Å². The van der Waals surface area contributed by atoms with Gasteiger partial charge in [-0.1, -0.05) is 0 Å². The largest absolute Gasteiger partial charge is 0.396 e. The van der Waals surface area contributed by atoms with Crippen LogP contribution in [0.3, 0.4) is 0 Å². The smallest absolute Gasteiger partial charge is 0.146 e. The van der Waals surface area contributed by atoms with Gasteiger partial charge < -0.3 is 5.73 Å².